The van der Waals surface area contributed by atoms with Crippen molar-refractivity contribution in [2.75, 3.05) is 19.7 Å². The molecule has 0 saturated heterocycles. The maximum Gasteiger partial charge on any atom is 0.244 e. The average Bonchev–Trinajstić information content (AvgIpc) is 2.73. The third-order valence-corrected chi connectivity index (χ3v) is 2.20. The van der Waals surface area contributed by atoms with Crippen LogP contribution in [0, 0.1) is 0 Å². The van der Waals surface area contributed by atoms with Crippen molar-refractivity contribution in [3.05, 3.63) is 11.9 Å². The number of aliphatic hydroxyl groups is 1. The van der Waals surface area contributed by atoms with E-state index >= 15 is 0 Å². The van der Waals surface area contributed by atoms with Crippen molar-refractivity contribution in [2.24, 2.45) is 5.73 Å². The highest BCUT2D eigenvalue weighted by Crippen LogP contribution is 1.95. The van der Waals surface area contributed by atoms with Gasteiger partial charge in [0.15, 0.2) is 0 Å². The maximum absolute atomic E-state index is 11.7. The molecule has 1 aromatic heterocycles. The van der Waals surface area contributed by atoms with Crippen LogP contribution >= 0.6 is 0 Å². The highest BCUT2D eigenvalue weighted by Gasteiger charge is 2.12. The summed E-state index contributed by atoms with van der Waals surface area (Å²) in [5.74, 6) is -0.0926. The molecule has 0 aliphatic carbocycles. The lowest BCUT2D eigenvalue weighted by Gasteiger charge is -2.19. The van der Waals surface area contributed by atoms with Crippen LogP contribution in [0.4, 0.5) is 0 Å². The second-order valence-corrected chi connectivity index (χ2v) is 3.31. The van der Waals surface area contributed by atoms with Gasteiger partial charge in [-0.25, -0.2) is 4.68 Å². The van der Waals surface area contributed by atoms with Gasteiger partial charge in [0.1, 0.15) is 6.54 Å². The van der Waals surface area contributed by atoms with E-state index < -0.39 is 0 Å². The van der Waals surface area contributed by atoms with E-state index in [0.29, 0.717) is 25.3 Å². The topological polar surface area (TPSA) is 97.3 Å². The fourth-order valence-corrected chi connectivity index (χ4v) is 1.33. The molecule has 3 N–H and O–H groups in total. The largest absolute Gasteiger partial charge is 0.395 e. The van der Waals surface area contributed by atoms with E-state index in [1.165, 1.54) is 4.68 Å². The van der Waals surface area contributed by atoms with Crippen molar-refractivity contribution in [1.29, 1.82) is 0 Å². The Hall–Kier alpha value is -1.47. The molecule has 7 nitrogen and oxygen atoms in total. The molecule has 0 unspecified atom stereocenters. The molecular weight excluding hydrogens is 210 g/mol. The van der Waals surface area contributed by atoms with E-state index in [0.717, 1.165) is 0 Å². The Morgan fingerprint density at radius 3 is 2.94 bits per heavy atom. The first kappa shape index (κ1) is 12.6. The summed E-state index contributed by atoms with van der Waals surface area (Å²) in [5.41, 5.74) is 6.03. The zero-order chi connectivity index (χ0) is 12.0. The van der Waals surface area contributed by atoms with Crippen molar-refractivity contribution < 1.29 is 9.90 Å². The van der Waals surface area contributed by atoms with Gasteiger partial charge in [0, 0.05) is 19.6 Å². The maximum atomic E-state index is 11.7. The molecule has 90 valence electrons. The summed E-state index contributed by atoms with van der Waals surface area (Å²) in [4.78, 5) is 13.3. The zero-order valence-electron chi connectivity index (χ0n) is 9.33. The molecule has 16 heavy (non-hydrogen) atoms. The molecule has 1 heterocycles. The van der Waals surface area contributed by atoms with Crippen LogP contribution in [0.5, 0.6) is 0 Å². The monoisotopic (exact) mass is 227 g/mol. The lowest BCUT2D eigenvalue weighted by atomic mass is 10.4. The Morgan fingerprint density at radius 1 is 1.69 bits per heavy atom. The fraction of sp³-hybridized carbons (Fsp3) is 0.667. The first-order chi connectivity index (χ1) is 7.71. The van der Waals surface area contributed by atoms with Crippen molar-refractivity contribution >= 4 is 5.91 Å². The summed E-state index contributed by atoms with van der Waals surface area (Å²) < 4.78 is 1.45. The molecule has 7 heteroatoms. The van der Waals surface area contributed by atoms with Crippen molar-refractivity contribution in [3.8, 4) is 0 Å². The van der Waals surface area contributed by atoms with Gasteiger partial charge in [-0.1, -0.05) is 5.21 Å². The smallest absolute Gasteiger partial charge is 0.244 e. The third kappa shape index (κ3) is 3.28. The summed E-state index contributed by atoms with van der Waals surface area (Å²) in [6.07, 6.45) is 1.64. The highest BCUT2D eigenvalue weighted by molar-refractivity contribution is 5.75. The van der Waals surface area contributed by atoms with E-state index in [-0.39, 0.29) is 19.1 Å². The van der Waals surface area contributed by atoms with Crippen LogP contribution in [0.2, 0.25) is 0 Å². The molecule has 1 amide bonds. The number of aliphatic hydroxyl groups excluding tert-OH is 1. The summed E-state index contributed by atoms with van der Waals surface area (Å²) in [6, 6.07) is 0. The number of carbonyl (C=O) groups is 1. The van der Waals surface area contributed by atoms with Gasteiger partial charge >= 0.3 is 0 Å². The van der Waals surface area contributed by atoms with Crippen molar-refractivity contribution in [1.82, 2.24) is 19.9 Å². The first-order valence-corrected chi connectivity index (χ1v) is 5.19. The van der Waals surface area contributed by atoms with E-state index in [2.05, 4.69) is 10.3 Å². The van der Waals surface area contributed by atoms with Crippen LogP contribution in [0.15, 0.2) is 6.20 Å². The minimum Gasteiger partial charge on any atom is -0.395 e. The molecule has 1 aromatic rings. The summed E-state index contributed by atoms with van der Waals surface area (Å²) >= 11 is 0. The Morgan fingerprint density at radius 2 is 2.44 bits per heavy atom. The number of hydrogen-bond acceptors (Lipinski definition) is 5. The second kappa shape index (κ2) is 6.19. The minimum atomic E-state index is -0.0926. The molecule has 0 fully saturated rings. The molecule has 0 radical (unpaired) electrons. The van der Waals surface area contributed by atoms with Gasteiger partial charge in [0.2, 0.25) is 5.91 Å². The second-order valence-electron chi connectivity index (χ2n) is 3.31. The third-order valence-electron chi connectivity index (χ3n) is 2.20. The SMILES string of the molecule is CCN(CCO)C(=O)Cn1cc(CN)nn1. The van der Waals surface area contributed by atoms with Crippen LogP contribution in [0.3, 0.4) is 0 Å². The number of nitrogens with zero attached hydrogens (tertiary/aromatic N) is 4. The molecule has 1 rings (SSSR count). The molecule has 0 atom stereocenters. The average molecular weight is 227 g/mol. The molecule has 0 aliphatic heterocycles. The fourth-order valence-electron chi connectivity index (χ4n) is 1.33. The van der Waals surface area contributed by atoms with Gasteiger partial charge < -0.3 is 15.7 Å². The predicted octanol–water partition coefficient (Wildman–Crippen LogP) is -1.42. The lowest BCUT2D eigenvalue weighted by Crippen LogP contribution is -2.35. The number of rotatable bonds is 6. The molecular formula is C9H17N5O2. The van der Waals surface area contributed by atoms with Crippen LogP contribution in [-0.2, 0) is 17.9 Å². The Labute approximate surface area is 93.8 Å². The van der Waals surface area contributed by atoms with Gasteiger partial charge in [-0.15, -0.1) is 5.10 Å². The van der Waals surface area contributed by atoms with E-state index in [1.807, 2.05) is 6.92 Å². The summed E-state index contributed by atoms with van der Waals surface area (Å²) in [6.45, 7) is 3.17. The number of carbonyl (C=O) groups excluding carboxylic acids is 1. The van der Waals surface area contributed by atoms with Crippen molar-refractivity contribution in [2.45, 2.75) is 20.0 Å². The minimum absolute atomic E-state index is 0.0367. The molecule has 0 saturated carbocycles. The Bertz CT molecular complexity index is 338. The van der Waals surface area contributed by atoms with Crippen LogP contribution in [0.1, 0.15) is 12.6 Å². The van der Waals surface area contributed by atoms with E-state index in [1.54, 1.807) is 11.1 Å². The van der Waals surface area contributed by atoms with Crippen molar-refractivity contribution in [3.63, 3.8) is 0 Å². The van der Waals surface area contributed by atoms with Gasteiger partial charge in [0.05, 0.1) is 18.5 Å². The molecule has 0 aliphatic rings. The lowest BCUT2D eigenvalue weighted by molar-refractivity contribution is -0.132. The molecule has 0 aromatic carbocycles. The van der Waals surface area contributed by atoms with Gasteiger partial charge in [-0.05, 0) is 6.92 Å². The Kier molecular flexibility index (Phi) is 4.87. The van der Waals surface area contributed by atoms with Crippen LogP contribution < -0.4 is 5.73 Å². The quantitative estimate of drug-likeness (QED) is 0.621. The molecule has 0 bridgehead atoms. The predicted molar refractivity (Wildman–Crippen MR) is 57.3 cm³/mol. The number of likely N-dealkylation sites (N-methyl/N-ethyl adjacent to an activating group) is 1. The summed E-state index contributed by atoms with van der Waals surface area (Å²) in [5, 5.41) is 16.3. The number of amides is 1. The first-order valence-electron chi connectivity index (χ1n) is 5.19. The van der Waals surface area contributed by atoms with E-state index in [4.69, 9.17) is 10.8 Å². The summed E-state index contributed by atoms with van der Waals surface area (Å²) in [7, 11) is 0. The van der Waals surface area contributed by atoms with Crippen LogP contribution in [-0.4, -0.2) is 50.6 Å². The normalized spacial score (nSPS) is 10.4. The zero-order valence-corrected chi connectivity index (χ0v) is 9.33. The standard InChI is InChI=1S/C9H17N5O2/c1-2-13(3-4-15)9(16)7-14-6-8(5-10)11-12-14/h6,15H,2-5,7,10H2,1H3. The Balaban J connectivity index is 2.55. The van der Waals surface area contributed by atoms with E-state index in [9.17, 15) is 4.79 Å². The number of hydrogen-bond donors (Lipinski definition) is 2. The number of nitrogens with two attached hydrogens (primary N) is 1. The van der Waals surface area contributed by atoms with Crippen LogP contribution in [0.25, 0.3) is 0 Å². The van der Waals surface area contributed by atoms with Gasteiger partial charge in [-0.3, -0.25) is 4.79 Å². The highest BCUT2D eigenvalue weighted by atomic mass is 16.3. The molecule has 0 spiro atoms. The van der Waals surface area contributed by atoms with Gasteiger partial charge in [-0.2, -0.15) is 0 Å². The van der Waals surface area contributed by atoms with Gasteiger partial charge in [0.25, 0.3) is 0 Å². The number of aromatic nitrogens is 3.